The number of aromatic nitrogens is 3. The molecule has 7 nitrogen and oxygen atoms in total. The molecule has 34 heavy (non-hydrogen) atoms. The zero-order chi connectivity index (χ0) is 23.7. The molecule has 1 unspecified atom stereocenters. The Morgan fingerprint density at radius 1 is 1.06 bits per heavy atom. The van der Waals surface area contributed by atoms with Crippen LogP contribution in [-0.2, 0) is 22.0 Å². The van der Waals surface area contributed by atoms with E-state index < -0.39 is 10.8 Å². The van der Waals surface area contributed by atoms with Gasteiger partial charge in [0, 0.05) is 54.4 Å². The maximum absolute atomic E-state index is 13.1. The smallest absolute Gasteiger partial charge is 0.254 e. The molecule has 3 heterocycles. The van der Waals surface area contributed by atoms with E-state index in [4.69, 9.17) is 4.74 Å². The van der Waals surface area contributed by atoms with Gasteiger partial charge in [-0.25, -0.2) is 9.97 Å². The molecule has 1 amide bonds. The summed E-state index contributed by atoms with van der Waals surface area (Å²) in [5, 5.41) is 0.822. The topological polar surface area (TPSA) is 77.3 Å². The molecule has 8 heteroatoms. The Morgan fingerprint density at radius 3 is 2.53 bits per heavy atom. The number of carbonyl (C=O) groups excluding carboxylic acids is 1. The van der Waals surface area contributed by atoms with Crippen LogP contribution in [0, 0.1) is 0 Å². The molecule has 1 aliphatic rings. The number of morpholine rings is 1. The van der Waals surface area contributed by atoms with E-state index in [1.165, 1.54) is 5.56 Å². The highest BCUT2D eigenvalue weighted by Crippen LogP contribution is 2.28. The second kappa shape index (κ2) is 9.48. The first-order chi connectivity index (χ1) is 16.5. The Hall–Kier alpha value is -3.36. The number of hydrogen-bond donors (Lipinski definition) is 0. The summed E-state index contributed by atoms with van der Waals surface area (Å²) in [6.45, 7) is 4.37. The van der Waals surface area contributed by atoms with Gasteiger partial charge in [-0.3, -0.25) is 13.6 Å². The number of carbonyl (C=O) groups is 1. The summed E-state index contributed by atoms with van der Waals surface area (Å²) in [5.74, 6) is 0.428. The lowest BCUT2D eigenvalue weighted by atomic mass is 10.0. The number of benzene rings is 2. The highest BCUT2D eigenvalue weighted by atomic mass is 32.2. The van der Waals surface area contributed by atoms with Crippen molar-refractivity contribution >= 4 is 27.6 Å². The van der Waals surface area contributed by atoms with E-state index in [0.717, 1.165) is 28.5 Å². The van der Waals surface area contributed by atoms with Crippen LogP contribution in [0.3, 0.4) is 0 Å². The Balaban J connectivity index is 1.55. The van der Waals surface area contributed by atoms with Crippen molar-refractivity contribution in [1.82, 2.24) is 19.4 Å². The minimum absolute atomic E-state index is 0.0378. The number of ether oxygens (including phenoxy) is 1. The van der Waals surface area contributed by atoms with E-state index in [2.05, 4.69) is 29.0 Å². The molecule has 0 aliphatic carbocycles. The largest absolute Gasteiger partial charge is 0.378 e. The first-order valence-corrected chi connectivity index (χ1v) is 12.9. The van der Waals surface area contributed by atoms with Gasteiger partial charge in [0.1, 0.15) is 0 Å². The first kappa shape index (κ1) is 22.4. The fourth-order valence-electron chi connectivity index (χ4n) is 4.24. The second-order valence-electron chi connectivity index (χ2n) is 8.28. The van der Waals surface area contributed by atoms with Crippen LogP contribution in [0.5, 0.6) is 0 Å². The van der Waals surface area contributed by atoms with Gasteiger partial charge < -0.3 is 9.64 Å². The van der Waals surface area contributed by atoms with Gasteiger partial charge in [0.15, 0.2) is 0 Å². The summed E-state index contributed by atoms with van der Waals surface area (Å²) in [7, 11) is -1.20. The van der Waals surface area contributed by atoms with Crippen LogP contribution in [0.2, 0.25) is 0 Å². The standard InChI is InChI=1S/C26H26N4O3S/c1-3-18-5-4-6-19(13-18)21-15-27-26(28-16-21)30-17-24(34(2)32)22-8-7-20(14-23(22)30)25(31)29-9-11-33-12-10-29/h4-8,13-17H,3,9-12H2,1-2H3. The van der Waals surface area contributed by atoms with Gasteiger partial charge in [-0.15, -0.1) is 0 Å². The van der Waals surface area contributed by atoms with E-state index in [-0.39, 0.29) is 5.91 Å². The molecule has 1 atom stereocenters. The molecule has 0 bridgehead atoms. The second-order valence-corrected chi connectivity index (χ2v) is 9.63. The fraction of sp³-hybridized carbons (Fsp3) is 0.269. The van der Waals surface area contributed by atoms with Gasteiger partial charge in [-0.2, -0.15) is 0 Å². The maximum Gasteiger partial charge on any atom is 0.254 e. The molecule has 1 aliphatic heterocycles. The Labute approximate surface area is 200 Å². The van der Waals surface area contributed by atoms with Crippen molar-refractivity contribution in [2.24, 2.45) is 0 Å². The lowest BCUT2D eigenvalue weighted by Gasteiger charge is -2.26. The molecule has 0 N–H and O–H groups in total. The molecule has 2 aromatic heterocycles. The highest BCUT2D eigenvalue weighted by molar-refractivity contribution is 7.84. The van der Waals surface area contributed by atoms with Crippen LogP contribution in [0.25, 0.3) is 28.0 Å². The number of aryl methyl sites for hydroxylation is 1. The SMILES string of the molecule is CCc1cccc(-c2cnc(-n3cc(S(C)=O)c4ccc(C(=O)N5CCOCC5)cc43)nc2)c1. The predicted molar refractivity (Wildman–Crippen MR) is 133 cm³/mol. The lowest BCUT2D eigenvalue weighted by molar-refractivity contribution is 0.0303. The summed E-state index contributed by atoms with van der Waals surface area (Å²) >= 11 is 0. The molecule has 174 valence electrons. The number of rotatable bonds is 5. The summed E-state index contributed by atoms with van der Waals surface area (Å²) in [5.41, 5.74) is 4.58. The minimum atomic E-state index is -1.20. The number of fused-ring (bicyclic) bond motifs is 1. The first-order valence-electron chi connectivity index (χ1n) is 11.3. The van der Waals surface area contributed by atoms with Crippen molar-refractivity contribution in [3.8, 4) is 17.1 Å². The van der Waals surface area contributed by atoms with Gasteiger partial charge in [0.2, 0.25) is 5.95 Å². The monoisotopic (exact) mass is 474 g/mol. The average molecular weight is 475 g/mol. The third-order valence-electron chi connectivity index (χ3n) is 6.15. The molecule has 0 radical (unpaired) electrons. The predicted octanol–water partition coefficient (Wildman–Crippen LogP) is 3.86. The molecule has 5 rings (SSSR count). The van der Waals surface area contributed by atoms with Crippen LogP contribution in [0.1, 0.15) is 22.8 Å². The Kier molecular flexibility index (Phi) is 6.26. The number of nitrogens with zero attached hydrogens (tertiary/aromatic N) is 4. The average Bonchev–Trinajstić information content (AvgIpc) is 3.28. The van der Waals surface area contributed by atoms with Crippen molar-refractivity contribution in [2.45, 2.75) is 18.2 Å². The normalized spacial score (nSPS) is 14.9. The Morgan fingerprint density at radius 2 is 1.82 bits per heavy atom. The van der Waals surface area contributed by atoms with Crippen molar-refractivity contribution in [2.75, 3.05) is 32.6 Å². The van der Waals surface area contributed by atoms with Crippen molar-refractivity contribution in [3.63, 3.8) is 0 Å². The highest BCUT2D eigenvalue weighted by Gasteiger charge is 2.21. The van der Waals surface area contributed by atoms with Crippen LogP contribution in [0.15, 0.2) is 66.0 Å². The molecule has 4 aromatic rings. The fourth-order valence-corrected chi connectivity index (χ4v) is 4.97. The molecule has 1 saturated heterocycles. The maximum atomic E-state index is 13.1. The van der Waals surface area contributed by atoms with E-state index >= 15 is 0 Å². The summed E-state index contributed by atoms with van der Waals surface area (Å²) in [6.07, 6.45) is 8.01. The van der Waals surface area contributed by atoms with E-state index in [0.29, 0.717) is 42.7 Å². The summed E-state index contributed by atoms with van der Waals surface area (Å²) in [6, 6.07) is 13.8. The van der Waals surface area contributed by atoms with Gasteiger partial charge >= 0.3 is 0 Å². The quantitative estimate of drug-likeness (QED) is 0.439. The summed E-state index contributed by atoms with van der Waals surface area (Å²) in [4.78, 5) is 24.8. The minimum Gasteiger partial charge on any atom is -0.378 e. The lowest BCUT2D eigenvalue weighted by Crippen LogP contribution is -2.40. The van der Waals surface area contributed by atoms with E-state index in [1.807, 2.05) is 28.8 Å². The van der Waals surface area contributed by atoms with Crippen LogP contribution in [0.4, 0.5) is 0 Å². The van der Waals surface area contributed by atoms with Crippen molar-refractivity contribution in [3.05, 3.63) is 72.2 Å². The van der Waals surface area contributed by atoms with Crippen LogP contribution in [-0.4, -0.2) is 62.1 Å². The third kappa shape index (κ3) is 4.26. The molecule has 0 spiro atoms. The molecule has 0 saturated carbocycles. The van der Waals surface area contributed by atoms with Gasteiger partial charge in [-0.05, 0) is 29.7 Å². The molecule has 1 fully saturated rings. The molecular formula is C26H26N4O3S. The zero-order valence-corrected chi connectivity index (χ0v) is 20.0. The molecule has 2 aromatic carbocycles. The zero-order valence-electron chi connectivity index (χ0n) is 19.2. The van der Waals surface area contributed by atoms with Crippen molar-refractivity contribution in [1.29, 1.82) is 0 Å². The van der Waals surface area contributed by atoms with E-state index in [1.54, 1.807) is 35.8 Å². The van der Waals surface area contributed by atoms with E-state index in [9.17, 15) is 9.00 Å². The summed E-state index contributed by atoms with van der Waals surface area (Å²) < 4.78 is 19.6. The Bertz CT molecular complexity index is 1370. The van der Waals surface area contributed by atoms with Crippen molar-refractivity contribution < 1.29 is 13.7 Å². The van der Waals surface area contributed by atoms with Crippen LogP contribution < -0.4 is 0 Å². The van der Waals surface area contributed by atoms with Gasteiger partial charge in [0.05, 0.1) is 34.4 Å². The van der Waals surface area contributed by atoms with Gasteiger partial charge in [-0.1, -0.05) is 37.3 Å². The number of hydrogen-bond acceptors (Lipinski definition) is 5. The van der Waals surface area contributed by atoms with Crippen LogP contribution >= 0.6 is 0 Å². The molecular weight excluding hydrogens is 448 g/mol. The van der Waals surface area contributed by atoms with Gasteiger partial charge in [0.25, 0.3) is 5.91 Å². The third-order valence-corrected chi connectivity index (χ3v) is 7.09. The number of amides is 1.